The average molecular weight is 361 g/mol. The van der Waals surface area contributed by atoms with Gasteiger partial charge in [0.05, 0.1) is 0 Å². The smallest absolute Gasteiger partial charge is 0.0469 e. The molecular formula is C24H28N2O. The minimum Gasteiger partial charge on any atom is -0.381 e. The predicted molar refractivity (Wildman–Crippen MR) is 112 cm³/mol. The van der Waals surface area contributed by atoms with Crippen LogP contribution in [-0.2, 0) is 4.74 Å². The summed E-state index contributed by atoms with van der Waals surface area (Å²) < 4.78 is 5.70. The lowest BCUT2D eigenvalue weighted by Crippen LogP contribution is -2.47. The number of nitrogens with zero attached hydrogens (tertiary/aromatic N) is 1. The van der Waals surface area contributed by atoms with Crippen LogP contribution in [0.3, 0.4) is 0 Å². The van der Waals surface area contributed by atoms with Crippen molar-refractivity contribution >= 4 is 21.5 Å². The van der Waals surface area contributed by atoms with Crippen molar-refractivity contribution in [3.8, 4) is 0 Å². The van der Waals surface area contributed by atoms with Gasteiger partial charge in [0, 0.05) is 45.4 Å². The first-order valence-corrected chi connectivity index (χ1v) is 10.3. The van der Waals surface area contributed by atoms with Gasteiger partial charge >= 0.3 is 0 Å². The van der Waals surface area contributed by atoms with Gasteiger partial charge in [-0.25, -0.2) is 0 Å². The van der Waals surface area contributed by atoms with E-state index in [0.717, 1.165) is 52.2 Å². The van der Waals surface area contributed by atoms with E-state index in [9.17, 15) is 0 Å². The zero-order valence-electron chi connectivity index (χ0n) is 15.9. The molecule has 140 valence electrons. The van der Waals surface area contributed by atoms with Crippen molar-refractivity contribution in [1.29, 1.82) is 0 Å². The quantitative estimate of drug-likeness (QED) is 0.702. The highest BCUT2D eigenvalue weighted by atomic mass is 16.5. The number of rotatable bonds is 3. The van der Waals surface area contributed by atoms with Gasteiger partial charge in [0.2, 0.25) is 0 Å². The van der Waals surface area contributed by atoms with E-state index in [-0.39, 0.29) is 0 Å². The fraction of sp³-hybridized carbons (Fsp3) is 0.417. The highest BCUT2D eigenvalue weighted by molar-refractivity contribution is 6.09. The van der Waals surface area contributed by atoms with Crippen LogP contribution in [0.4, 0.5) is 0 Å². The molecule has 2 saturated heterocycles. The molecule has 0 aliphatic carbocycles. The molecule has 5 rings (SSSR count). The molecule has 2 fully saturated rings. The fourth-order valence-corrected chi connectivity index (χ4v) is 5.07. The van der Waals surface area contributed by atoms with Crippen molar-refractivity contribution in [1.82, 2.24) is 10.2 Å². The van der Waals surface area contributed by atoms with Crippen molar-refractivity contribution < 1.29 is 4.74 Å². The van der Waals surface area contributed by atoms with Crippen LogP contribution in [0.1, 0.15) is 24.4 Å². The van der Waals surface area contributed by atoms with Gasteiger partial charge in [-0.15, -0.1) is 0 Å². The Morgan fingerprint density at radius 1 is 0.852 bits per heavy atom. The van der Waals surface area contributed by atoms with Gasteiger partial charge < -0.3 is 10.1 Å². The van der Waals surface area contributed by atoms with Crippen molar-refractivity contribution in [3.63, 3.8) is 0 Å². The summed E-state index contributed by atoms with van der Waals surface area (Å²) in [5, 5.41) is 9.06. The van der Waals surface area contributed by atoms with E-state index in [4.69, 9.17) is 4.74 Å². The van der Waals surface area contributed by atoms with Crippen LogP contribution in [-0.4, -0.2) is 44.3 Å². The van der Waals surface area contributed by atoms with Crippen molar-refractivity contribution in [2.24, 2.45) is 5.92 Å². The van der Waals surface area contributed by atoms with Crippen LogP contribution < -0.4 is 5.32 Å². The first-order chi connectivity index (χ1) is 13.4. The van der Waals surface area contributed by atoms with Crippen molar-refractivity contribution in [2.75, 3.05) is 39.4 Å². The van der Waals surface area contributed by atoms with Gasteiger partial charge in [0.15, 0.2) is 0 Å². The Balaban J connectivity index is 1.70. The van der Waals surface area contributed by atoms with Gasteiger partial charge in [0.1, 0.15) is 0 Å². The van der Waals surface area contributed by atoms with E-state index >= 15 is 0 Å². The van der Waals surface area contributed by atoms with Gasteiger partial charge in [-0.05, 0) is 51.9 Å². The third-order valence-electron chi connectivity index (χ3n) is 6.38. The Kier molecular flexibility index (Phi) is 4.83. The summed E-state index contributed by atoms with van der Waals surface area (Å²) in [6.07, 6.45) is 2.32. The van der Waals surface area contributed by atoms with E-state index in [1.54, 1.807) is 0 Å². The van der Waals surface area contributed by atoms with Gasteiger partial charge in [0.25, 0.3) is 0 Å². The Bertz CT molecular complexity index is 908. The maximum absolute atomic E-state index is 5.70. The van der Waals surface area contributed by atoms with Crippen LogP contribution >= 0.6 is 0 Å². The largest absolute Gasteiger partial charge is 0.381 e. The van der Waals surface area contributed by atoms with Crippen molar-refractivity contribution in [2.45, 2.75) is 18.9 Å². The average Bonchev–Trinajstić information content (AvgIpc) is 2.76. The molecule has 0 bridgehead atoms. The van der Waals surface area contributed by atoms with Gasteiger partial charge in [-0.2, -0.15) is 0 Å². The number of piperazine rings is 1. The van der Waals surface area contributed by atoms with Crippen LogP contribution in [0.15, 0.2) is 54.6 Å². The van der Waals surface area contributed by atoms with Crippen LogP contribution in [0.2, 0.25) is 0 Å². The Hall–Kier alpha value is -1.94. The second-order valence-electron chi connectivity index (χ2n) is 7.91. The van der Waals surface area contributed by atoms with Gasteiger partial charge in [-0.3, -0.25) is 4.90 Å². The normalized spacial score (nSPS) is 20.9. The number of hydrogen-bond acceptors (Lipinski definition) is 3. The Morgan fingerprint density at radius 3 is 2.30 bits per heavy atom. The topological polar surface area (TPSA) is 24.5 Å². The van der Waals surface area contributed by atoms with E-state index in [1.165, 1.54) is 27.1 Å². The maximum atomic E-state index is 5.70. The summed E-state index contributed by atoms with van der Waals surface area (Å²) in [5.74, 6) is 0.668. The first kappa shape index (κ1) is 17.2. The summed E-state index contributed by atoms with van der Waals surface area (Å²) in [5.41, 5.74) is 1.51. The second kappa shape index (κ2) is 7.59. The molecule has 2 aliphatic rings. The highest BCUT2D eigenvalue weighted by Crippen LogP contribution is 2.40. The summed E-state index contributed by atoms with van der Waals surface area (Å²) >= 11 is 0. The molecule has 3 aromatic carbocycles. The molecule has 0 amide bonds. The maximum Gasteiger partial charge on any atom is 0.0469 e. The second-order valence-corrected chi connectivity index (χ2v) is 7.91. The minimum absolute atomic E-state index is 0.477. The van der Waals surface area contributed by atoms with E-state index in [2.05, 4.69) is 64.8 Å². The minimum atomic E-state index is 0.477. The van der Waals surface area contributed by atoms with Crippen LogP contribution in [0.25, 0.3) is 21.5 Å². The molecule has 2 aliphatic heterocycles. The third kappa shape index (κ3) is 3.25. The SMILES string of the molecule is c1ccc2c(c1)cc([C@@H](C1CCOCC1)N1CCNCC1)c1ccccc12. The van der Waals surface area contributed by atoms with E-state index in [1.807, 2.05) is 0 Å². The standard InChI is InChI=1S/C24H28N2O/c1-2-6-20-19(5-1)17-23(22-8-4-3-7-21(20)22)24(18-9-15-27-16-10-18)26-13-11-25-12-14-26/h1-8,17-18,24-25H,9-16H2/t24-/m1/s1. The molecule has 0 unspecified atom stereocenters. The zero-order valence-corrected chi connectivity index (χ0v) is 15.9. The molecule has 0 saturated carbocycles. The van der Waals surface area contributed by atoms with E-state index < -0.39 is 0 Å². The zero-order chi connectivity index (χ0) is 18.1. The Labute approximate surface area is 161 Å². The molecule has 0 radical (unpaired) electrons. The lowest BCUT2D eigenvalue weighted by molar-refractivity contribution is 0.0217. The number of nitrogens with one attached hydrogen (secondary N) is 1. The summed E-state index contributed by atoms with van der Waals surface area (Å²) in [6, 6.07) is 20.8. The fourth-order valence-electron chi connectivity index (χ4n) is 5.07. The van der Waals surface area contributed by atoms with Crippen molar-refractivity contribution in [3.05, 3.63) is 60.2 Å². The molecule has 27 heavy (non-hydrogen) atoms. The molecular weight excluding hydrogens is 332 g/mol. The molecule has 3 nitrogen and oxygen atoms in total. The molecule has 2 heterocycles. The number of hydrogen-bond donors (Lipinski definition) is 1. The van der Waals surface area contributed by atoms with Crippen LogP contribution in [0, 0.1) is 5.92 Å². The molecule has 1 N–H and O–H groups in total. The third-order valence-corrected chi connectivity index (χ3v) is 6.38. The Morgan fingerprint density at radius 2 is 1.52 bits per heavy atom. The van der Waals surface area contributed by atoms with E-state index in [0.29, 0.717) is 12.0 Å². The summed E-state index contributed by atoms with van der Waals surface area (Å²) in [7, 11) is 0. The molecule has 0 aromatic heterocycles. The number of ether oxygens (including phenoxy) is 1. The molecule has 0 spiro atoms. The lowest BCUT2D eigenvalue weighted by Gasteiger charge is -2.41. The highest BCUT2D eigenvalue weighted by Gasteiger charge is 2.32. The summed E-state index contributed by atoms with van der Waals surface area (Å²) in [6.45, 7) is 6.24. The lowest BCUT2D eigenvalue weighted by atomic mass is 9.82. The summed E-state index contributed by atoms with van der Waals surface area (Å²) in [4.78, 5) is 2.73. The molecule has 3 aromatic rings. The predicted octanol–water partition coefficient (Wildman–Crippen LogP) is 4.37. The monoisotopic (exact) mass is 360 g/mol. The van der Waals surface area contributed by atoms with Gasteiger partial charge in [-0.1, -0.05) is 48.5 Å². The number of benzene rings is 3. The van der Waals surface area contributed by atoms with Crippen LogP contribution in [0.5, 0.6) is 0 Å². The number of fused-ring (bicyclic) bond motifs is 3. The molecule has 3 heteroatoms. The first-order valence-electron chi connectivity index (χ1n) is 10.3. The molecule has 1 atom stereocenters.